The molecule has 0 spiro atoms. The number of hydrogen-bond donors (Lipinski definition) is 1. The molecule has 0 fully saturated rings. The Balaban J connectivity index is 2.11. The highest BCUT2D eigenvalue weighted by molar-refractivity contribution is 7.16. The van der Waals surface area contributed by atoms with Crippen LogP contribution in [0.4, 0.5) is 0 Å². The zero-order chi connectivity index (χ0) is 9.97. The van der Waals surface area contributed by atoms with Crippen molar-refractivity contribution in [2.45, 2.75) is 20.3 Å². The standard InChI is InChI=1S/C8H13N5S/c1-3-9-5-4-7-12-13-6(2)10-11-8(13)14-7/h9H,3-5H2,1-2H3. The predicted octanol–water partition coefficient (Wildman–Crippen LogP) is 0.646. The highest BCUT2D eigenvalue weighted by Gasteiger charge is 2.07. The first-order chi connectivity index (χ1) is 6.81. The number of fused-ring (bicyclic) bond motifs is 1. The SMILES string of the molecule is CCNCCc1nn2c(C)nnc2s1. The number of rotatable bonds is 4. The third kappa shape index (κ3) is 1.76. The zero-order valence-corrected chi connectivity index (χ0v) is 9.13. The number of likely N-dealkylation sites (N-methyl/N-ethyl adjacent to an activating group) is 1. The first-order valence-electron chi connectivity index (χ1n) is 4.69. The maximum atomic E-state index is 4.41. The quantitative estimate of drug-likeness (QED) is 0.754. The van der Waals surface area contributed by atoms with Gasteiger partial charge in [0.15, 0.2) is 5.82 Å². The van der Waals surface area contributed by atoms with Gasteiger partial charge in [-0.3, -0.25) is 0 Å². The molecule has 0 atom stereocenters. The number of nitrogens with one attached hydrogen (secondary N) is 1. The fraction of sp³-hybridized carbons (Fsp3) is 0.625. The van der Waals surface area contributed by atoms with E-state index >= 15 is 0 Å². The lowest BCUT2D eigenvalue weighted by atomic mass is 10.4. The average molecular weight is 211 g/mol. The number of aromatic nitrogens is 4. The Kier molecular flexibility index (Phi) is 2.74. The molecule has 0 aromatic carbocycles. The minimum atomic E-state index is 0.853. The van der Waals surface area contributed by atoms with Gasteiger partial charge in [0.05, 0.1) is 0 Å². The first-order valence-corrected chi connectivity index (χ1v) is 5.51. The molecular formula is C8H13N5S. The summed E-state index contributed by atoms with van der Waals surface area (Å²) >= 11 is 1.61. The van der Waals surface area contributed by atoms with Gasteiger partial charge in [-0.05, 0) is 13.5 Å². The summed E-state index contributed by atoms with van der Waals surface area (Å²) in [6.45, 7) is 5.99. The highest BCUT2D eigenvalue weighted by Crippen LogP contribution is 2.13. The molecule has 0 bridgehead atoms. The molecule has 14 heavy (non-hydrogen) atoms. The van der Waals surface area contributed by atoms with Crippen molar-refractivity contribution in [1.29, 1.82) is 0 Å². The number of hydrogen-bond acceptors (Lipinski definition) is 5. The van der Waals surface area contributed by atoms with E-state index in [1.807, 2.05) is 6.92 Å². The maximum absolute atomic E-state index is 4.41. The van der Waals surface area contributed by atoms with E-state index in [1.54, 1.807) is 15.9 Å². The molecule has 0 saturated carbocycles. The summed E-state index contributed by atoms with van der Waals surface area (Å²) in [6, 6.07) is 0. The van der Waals surface area contributed by atoms with Gasteiger partial charge in [-0.1, -0.05) is 18.3 Å². The van der Waals surface area contributed by atoms with Gasteiger partial charge in [0, 0.05) is 13.0 Å². The van der Waals surface area contributed by atoms with E-state index in [9.17, 15) is 0 Å². The summed E-state index contributed by atoms with van der Waals surface area (Å²) < 4.78 is 1.80. The molecule has 0 aliphatic rings. The lowest BCUT2D eigenvalue weighted by molar-refractivity contribution is 0.705. The van der Waals surface area contributed by atoms with Crippen LogP contribution >= 0.6 is 11.3 Å². The van der Waals surface area contributed by atoms with Crippen LogP contribution in [0.25, 0.3) is 4.96 Å². The molecule has 0 aliphatic heterocycles. The highest BCUT2D eigenvalue weighted by atomic mass is 32.1. The van der Waals surface area contributed by atoms with Crippen LogP contribution in [0, 0.1) is 6.92 Å². The van der Waals surface area contributed by atoms with Crippen LogP contribution in [0.1, 0.15) is 17.8 Å². The van der Waals surface area contributed by atoms with E-state index in [2.05, 4.69) is 27.5 Å². The summed E-state index contributed by atoms with van der Waals surface area (Å²) in [5.74, 6) is 0.853. The zero-order valence-electron chi connectivity index (χ0n) is 8.32. The second-order valence-corrected chi connectivity index (χ2v) is 4.08. The summed E-state index contributed by atoms with van der Waals surface area (Å²) in [5, 5.41) is 16.7. The summed E-state index contributed by atoms with van der Waals surface area (Å²) in [6.07, 6.45) is 0.960. The summed E-state index contributed by atoms with van der Waals surface area (Å²) in [5.41, 5.74) is 0. The Bertz CT molecular complexity index is 418. The van der Waals surface area contributed by atoms with Crippen LogP contribution in [0.15, 0.2) is 0 Å². The molecule has 5 nitrogen and oxygen atoms in total. The molecule has 0 unspecified atom stereocenters. The lowest BCUT2D eigenvalue weighted by Crippen LogP contribution is -2.16. The average Bonchev–Trinajstić information content (AvgIpc) is 2.70. The van der Waals surface area contributed by atoms with Crippen molar-refractivity contribution in [3.63, 3.8) is 0 Å². The number of aryl methyl sites for hydroxylation is 1. The van der Waals surface area contributed by atoms with Gasteiger partial charge in [-0.2, -0.15) is 9.61 Å². The lowest BCUT2D eigenvalue weighted by Gasteiger charge is -1.96. The fourth-order valence-corrected chi connectivity index (χ4v) is 2.11. The Hall–Kier alpha value is -1.01. The van der Waals surface area contributed by atoms with Gasteiger partial charge in [0.25, 0.3) is 0 Å². The van der Waals surface area contributed by atoms with Crippen LogP contribution in [0.2, 0.25) is 0 Å². The second-order valence-electron chi connectivity index (χ2n) is 3.04. The molecule has 2 rings (SSSR count). The monoisotopic (exact) mass is 211 g/mol. The molecular weight excluding hydrogens is 198 g/mol. The van der Waals surface area contributed by atoms with Crippen molar-refractivity contribution < 1.29 is 0 Å². The predicted molar refractivity (Wildman–Crippen MR) is 55.6 cm³/mol. The third-order valence-electron chi connectivity index (χ3n) is 1.95. The Morgan fingerprint density at radius 1 is 1.43 bits per heavy atom. The molecule has 6 heteroatoms. The van der Waals surface area contributed by atoms with Gasteiger partial charge in [0.1, 0.15) is 5.01 Å². The van der Waals surface area contributed by atoms with Crippen LogP contribution < -0.4 is 5.32 Å². The second kappa shape index (κ2) is 4.02. The molecule has 2 aromatic rings. The van der Waals surface area contributed by atoms with Crippen molar-refractivity contribution in [2.75, 3.05) is 13.1 Å². The fourth-order valence-electron chi connectivity index (χ4n) is 1.23. The molecule has 76 valence electrons. The van der Waals surface area contributed by atoms with Gasteiger partial charge in [-0.25, -0.2) is 0 Å². The van der Waals surface area contributed by atoms with Gasteiger partial charge in [0.2, 0.25) is 4.96 Å². The maximum Gasteiger partial charge on any atom is 0.234 e. The van der Waals surface area contributed by atoms with Crippen molar-refractivity contribution in [3.05, 3.63) is 10.8 Å². The van der Waals surface area contributed by atoms with E-state index < -0.39 is 0 Å². The topological polar surface area (TPSA) is 55.1 Å². The smallest absolute Gasteiger partial charge is 0.234 e. The normalized spacial score (nSPS) is 11.3. The third-order valence-corrected chi connectivity index (χ3v) is 2.91. The first kappa shape index (κ1) is 9.54. The molecule has 0 radical (unpaired) electrons. The largest absolute Gasteiger partial charge is 0.317 e. The van der Waals surface area contributed by atoms with Crippen molar-refractivity contribution in [1.82, 2.24) is 25.1 Å². The summed E-state index contributed by atoms with van der Waals surface area (Å²) in [7, 11) is 0. The minimum absolute atomic E-state index is 0.853. The Morgan fingerprint density at radius 3 is 3.00 bits per heavy atom. The van der Waals surface area contributed by atoms with Crippen LogP contribution in [0.5, 0.6) is 0 Å². The van der Waals surface area contributed by atoms with Gasteiger partial charge in [-0.15, -0.1) is 10.2 Å². The molecule has 1 N–H and O–H groups in total. The van der Waals surface area contributed by atoms with Crippen molar-refractivity contribution in [2.24, 2.45) is 0 Å². The number of nitrogens with zero attached hydrogens (tertiary/aromatic N) is 4. The van der Waals surface area contributed by atoms with E-state index in [4.69, 9.17) is 0 Å². The molecule has 2 aromatic heterocycles. The van der Waals surface area contributed by atoms with E-state index in [0.29, 0.717) is 0 Å². The van der Waals surface area contributed by atoms with Crippen LogP contribution in [-0.4, -0.2) is 32.9 Å². The molecule has 2 heterocycles. The Labute approximate surface area is 86.2 Å². The van der Waals surface area contributed by atoms with E-state index in [-0.39, 0.29) is 0 Å². The van der Waals surface area contributed by atoms with Crippen LogP contribution in [-0.2, 0) is 6.42 Å². The summed E-state index contributed by atoms with van der Waals surface area (Å²) in [4.78, 5) is 0.883. The van der Waals surface area contributed by atoms with Gasteiger partial charge >= 0.3 is 0 Å². The molecule has 0 amide bonds. The van der Waals surface area contributed by atoms with E-state index in [1.165, 1.54) is 0 Å². The van der Waals surface area contributed by atoms with Crippen molar-refractivity contribution >= 4 is 16.3 Å². The Morgan fingerprint density at radius 2 is 2.29 bits per heavy atom. The van der Waals surface area contributed by atoms with Crippen molar-refractivity contribution in [3.8, 4) is 0 Å². The van der Waals surface area contributed by atoms with Crippen LogP contribution in [0.3, 0.4) is 0 Å². The minimum Gasteiger partial charge on any atom is -0.317 e. The van der Waals surface area contributed by atoms with Gasteiger partial charge < -0.3 is 5.32 Å². The molecule has 0 saturated heterocycles. The van der Waals surface area contributed by atoms with E-state index in [0.717, 1.165) is 35.3 Å². The molecule has 0 aliphatic carbocycles.